The molecule has 5 rings (SSSR count). The van der Waals surface area contributed by atoms with Gasteiger partial charge in [0.15, 0.2) is 11.4 Å². The molecule has 2 fully saturated rings. The first-order chi connectivity index (χ1) is 24.2. The summed E-state index contributed by atoms with van der Waals surface area (Å²) in [5.74, 6) is -0.605. The van der Waals surface area contributed by atoms with E-state index < -0.39 is 11.6 Å². The average molecular weight is 695 g/mol. The zero-order valence-electron chi connectivity index (χ0n) is 30.0. The Hall–Kier alpha value is -3.32. The minimum absolute atomic E-state index is 0.0829. The van der Waals surface area contributed by atoms with E-state index >= 15 is 0 Å². The van der Waals surface area contributed by atoms with Gasteiger partial charge < -0.3 is 33.5 Å². The summed E-state index contributed by atoms with van der Waals surface area (Å²) in [5, 5.41) is 8.57. The lowest BCUT2D eigenvalue weighted by Crippen LogP contribution is -2.48. The molecule has 2 aromatic rings. The Morgan fingerprint density at radius 3 is 2.02 bits per heavy atom. The van der Waals surface area contributed by atoms with Crippen molar-refractivity contribution < 1.29 is 43.1 Å². The summed E-state index contributed by atoms with van der Waals surface area (Å²) in [7, 11) is 0. The van der Waals surface area contributed by atoms with Gasteiger partial charge in [0.1, 0.15) is 18.8 Å². The molecule has 274 valence electrons. The maximum absolute atomic E-state index is 13.6. The molecule has 1 saturated carbocycles. The van der Waals surface area contributed by atoms with Gasteiger partial charge in [-0.25, -0.2) is 9.59 Å². The Balaban J connectivity index is 1.02. The maximum atomic E-state index is 13.6. The van der Waals surface area contributed by atoms with Crippen molar-refractivity contribution in [3.63, 3.8) is 0 Å². The van der Waals surface area contributed by atoms with Crippen LogP contribution >= 0.6 is 0 Å². The molecule has 11 heteroatoms. The molecule has 0 unspecified atom stereocenters. The molecule has 0 radical (unpaired) electrons. The van der Waals surface area contributed by atoms with Crippen LogP contribution in [0.4, 0.5) is 0 Å². The zero-order chi connectivity index (χ0) is 35.3. The topological polar surface area (TPSA) is 116 Å². The van der Waals surface area contributed by atoms with Crippen LogP contribution in [0.15, 0.2) is 48.2 Å². The molecule has 0 aromatic heterocycles. The van der Waals surface area contributed by atoms with Gasteiger partial charge in [-0.3, -0.25) is 9.80 Å². The van der Waals surface area contributed by atoms with Gasteiger partial charge >= 0.3 is 11.9 Å². The van der Waals surface area contributed by atoms with Crippen molar-refractivity contribution >= 4 is 17.5 Å². The lowest BCUT2D eigenvalue weighted by molar-refractivity contribution is -0.154. The predicted octanol–water partition coefficient (Wildman–Crippen LogP) is 4.55. The third-order valence-electron chi connectivity index (χ3n) is 9.77. The standard InChI is InChI=1S/C39H54N2O9/c1-29-25-30(2)35(31(3)26-29)36-37(49-27-32-7-5-4-6-8-32)39(50-38(36)44)11-9-33(10-12-39)48-24-23-46-20-18-41-15-13-40(14-16-41)17-19-45-21-22-47-28-34(42)43/h4-8,25-26,33H,9-24,27-28H2,1-3H3,(H,42,43). The van der Waals surface area contributed by atoms with E-state index in [-0.39, 0.29) is 18.7 Å². The molecule has 2 aliphatic heterocycles. The van der Waals surface area contributed by atoms with E-state index in [0.717, 1.165) is 79.9 Å². The van der Waals surface area contributed by atoms with Crippen LogP contribution in [-0.2, 0) is 44.6 Å². The number of carboxylic acids is 1. The van der Waals surface area contributed by atoms with Gasteiger partial charge in [-0.15, -0.1) is 0 Å². The number of nitrogens with zero attached hydrogens (tertiary/aromatic N) is 2. The van der Waals surface area contributed by atoms with E-state index in [1.165, 1.54) is 0 Å². The molecule has 2 heterocycles. The summed E-state index contributed by atoms with van der Waals surface area (Å²) in [4.78, 5) is 28.8. The molecular weight excluding hydrogens is 640 g/mol. The Kier molecular flexibility index (Phi) is 14.2. The molecule has 0 bridgehead atoms. The number of carbonyl (C=O) groups excluding carboxylic acids is 1. The minimum atomic E-state index is -0.967. The summed E-state index contributed by atoms with van der Waals surface area (Å²) in [6.07, 6.45) is 2.94. The highest BCUT2D eigenvalue weighted by Crippen LogP contribution is 2.48. The summed E-state index contributed by atoms with van der Waals surface area (Å²) >= 11 is 0. The number of carbonyl (C=O) groups is 2. The van der Waals surface area contributed by atoms with Crippen molar-refractivity contribution in [2.75, 3.05) is 85.5 Å². The summed E-state index contributed by atoms with van der Waals surface area (Å²) in [6, 6.07) is 14.3. The van der Waals surface area contributed by atoms with E-state index in [0.29, 0.717) is 70.4 Å². The summed E-state index contributed by atoms with van der Waals surface area (Å²) in [6.45, 7) is 15.0. The fraction of sp³-hybridized carbons (Fsp3) is 0.590. The normalized spacial score (nSPS) is 21.6. The first-order valence-corrected chi connectivity index (χ1v) is 18.0. The van der Waals surface area contributed by atoms with Crippen LogP contribution in [-0.4, -0.2) is 124 Å². The second kappa shape index (κ2) is 18.8. The highest BCUT2D eigenvalue weighted by molar-refractivity contribution is 6.20. The Labute approximate surface area is 296 Å². The van der Waals surface area contributed by atoms with Gasteiger partial charge in [0.2, 0.25) is 0 Å². The fourth-order valence-corrected chi connectivity index (χ4v) is 7.25. The van der Waals surface area contributed by atoms with E-state index in [9.17, 15) is 9.59 Å². The number of aliphatic carboxylic acids is 1. The molecule has 1 saturated heterocycles. The van der Waals surface area contributed by atoms with E-state index in [2.05, 4.69) is 42.7 Å². The maximum Gasteiger partial charge on any atom is 0.343 e. The molecule has 11 nitrogen and oxygen atoms in total. The van der Waals surface area contributed by atoms with Crippen molar-refractivity contribution in [2.24, 2.45) is 0 Å². The molecule has 3 aliphatic rings. The zero-order valence-corrected chi connectivity index (χ0v) is 30.0. The second-order valence-corrected chi connectivity index (χ2v) is 13.6. The van der Waals surface area contributed by atoms with Crippen LogP contribution in [0, 0.1) is 20.8 Å². The third kappa shape index (κ3) is 10.6. The molecule has 0 atom stereocenters. The Morgan fingerprint density at radius 2 is 1.42 bits per heavy atom. The van der Waals surface area contributed by atoms with Crippen molar-refractivity contribution in [1.82, 2.24) is 9.80 Å². The molecular formula is C39H54N2O9. The van der Waals surface area contributed by atoms with Crippen molar-refractivity contribution in [2.45, 2.75) is 64.8 Å². The number of ether oxygens (including phenoxy) is 6. The average Bonchev–Trinajstić information content (AvgIpc) is 3.35. The van der Waals surface area contributed by atoms with Crippen LogP contribution in [0.5, 0.6) is 0 Å². The van der Waals surface area contributed by atoms with Gasteiger partial charge in [0.05, 0.1) is 45.7 Å². The number of piperazine rings is 1. The number of carboxylic acid groups (broad SMARTS) is 1. The first kappa shape index (κ1) is 37.9. The van der Waals surface area contributed by atoms with Crippen molar-refractivity contribution in [3.05, 3.63) is 76.0 Å². The van der Waals surface area contributed by atoms with Crippen LogP contribution < -0.4 is 0 Å². The smallest absolute Gasteiger partial charge is 0.343 e. The van der Waals surface area contributed by atoms with Gasteiger partial charge in [-0.05, 0) is 68.7 Å². The lowest BCUT2D eigenvalue weighted by atomic mass is 9.80. The van der Waals surface area contributed by atoms with Crippen LogP contribution in [0.25, 0.3) is 5.57 Å². The van der Waals surface area contributed by atoms with Gasteiger partial charge in [-0.1, -0.05) is 48.0 Å². The SMILES string of the molecule is Cc1cc(C)c(C2=C(OCc3ccccc3)C3(CCC(OCCOCCN4CCN(CCOCCOCC(=O)O)CC4)CC3)OC2=O)c(C)c1. The molecule has 2 aromatic carbocycles. The number of esters is 1. The molecule has 1 aliphatic carbocycles. The van der Waals surface area contributed by atoms with Crippen LogP contribution in [0.2, 0.25) is 0 Å². The predicted molar refractivity (Wildman–Crippen MR) is 189 cm³/mol. The fourth-order valence-electron chi connectivity index (χ4n) is 7.25. The molecule has 50 heavy (non-hydrogen) atoms. The largest absolute Gasteiger partial charge is 0.488 e. The van der Waals surface area contributed by atoms with Gasteiger partial charge in [0, 0.05) is 39.3 Å². The Bertz CT molecular complexity index is 1410. The molecule has 0 amide bonds. The van der Waals surface area contributed by atoms with E-state index in [1.807, 2.05) is 30.3 Å². The highest BCUT2D eigenvalue weighted by Gasteiger charge is 2.52. The number of hydrogen-bond acceptors (Lipinski definition) is 10. The van der Waals surface area contributed by atoms with Crippen molar-refractivity contribution in [1.29, 1.82) is 0 Å². The number of benzene rings is 2. The molecule has 1 N–H and O–H groups in total. The first-order valence-electron chi connectivity index (χ1n) is 18.0. The summed E-state index contributed by atoms with van der Waals surface area (Å²) < 4.78 is 35.5. The van der Waals surface area contributed by atoms with Crippen LogP contribution in [0.1, 0.15) is 53.5 Å². The number of rotatable bonds is 19. The number of aryl methyl sites for hydroxylation is 3. The lowest BCUT2D eigenvalue weighted by Gasteiger charge is -2.37. The van der Waals surface area contributed by atoms with E-state index in [4.69, 9.17) is 33.5 Å². The second-order valence-electron chi connectivity index (χ2n) is 13.6. The monoisotopic (exact) mass is 694 g/mol. The highest BCUT2D eigenvalue weighted by atomic mass is 16.6. The quantitative estimate of drug-likeness (QED) is 0.165. The van der Waals surface area contributed by atoms with Crippen molar-refractivity contribution in [3.8, 4) is 0 Å². The minimum Gasteiger partial charge on any atom is -0.488 e. The third-order valence-corrected chi connectivity index (χ3v) is 9.77. The van der Waals surface area contributed by atoms with Gasteiger partial charge in [0.25, 0.3) is 0 Å². The number of hydrogen-bond donors (Lipinski definition) is 1. The van der Waals surface area contributed by atoms with Gasteiger partial charge in [-0.2, -0.15) is 0 Å². The molecule has 1 spiro atoms. The summed E-state index contributed by atoms with van der Waals surface area (Å²) in [5.41, 5.74) is 5.01. The van der Waals surface area contributed by atoms with E-state index in [1.54, 1.807) is 0 Å². The Morgan fingerprint density at radius 1 is 0.840 bits per heavy atom. The van der Waals surface area contributed by atoms with Crippen LogP contribution in [0.3, 0.4) is 0 Å².